The third-order valence-corrected chi connectivity index (χ3v) is 4.87. The second-order valence-corrected chi connectivity index (χ2v) is 7.07. The van der Waals surface area contributed by atoms with Crippen LogP contribution in [-0.2, 0) is 16.1 Å². The van der Waals surface area contributed by atoms with Crippen LogP contribution in [0.3, 0.4) is 0 Å². The smallest absolute Gasteiger partial charge is 0.305 e. The molecule has 0 spiro atoms. The van der Waals surface area contributed by atoms with Gasteiger partial charge in [0.05, 0.1) is 6.61 Å². The number of benzene rings is 1. The number of ketones is 1. The van der Waals surface area contributed by atoms with E-state index in [1.54, 1.807) is 0 Å². The monoisotopic (exact) mass is 360 g/mol. The molecule has 0 atom stereocenters. The summed E-state index contributed by atoms with van der Waals surface area (Å²) in [6.45, 7) is 7.64. The molecule has 0 unspecified atom stereocenters. The molecule has 5 heteroatoms. The van der Waals surface area contributed by atoms with Gasteiger partial charge in [-0.1, -0.05) is 30.7 Å². The summed E-state index contributed by atoms with van der Waals surface area (Å²) in [5, 5.41) is 0. The van der Waals surface area contributed by atoms with Crippen LogP contribution in [0.4, 0.5) is 0 Å². The van der Waals surface area contributed by atoms with Crippen LogP contribution in [0.1, 0.15) is 54.9 Å². The molecule has 0 N–H and O–H groups in total. The molecular weight excluding hydrogens is 328 g/mol. The molecule has 0 aromatic heterocycles. The van der Waals surface area contributed by atoms with Crippen molar-refractivity contribution < 1.29 is 14.3 Å². The zero-order valence-corrected chi connectivity index (χ0v) is 16.2. The molecule has 5 nitrogen and oxygen atoms in total. The Kier molecular flexibility index (Phi) is 8.78. The summed E-state index contributed by atoms with van der Waals surface area (Å²) in [7, 11) is 2.16. The van der Waals surface area contributed by atoms with Crippen LogP contribution in [0.15, 0.2) is 24.3 Å². The Labute approximate surface area is 157 Å². The molecule has 1 aromatic rings. The third kappa shape index (κ3) is 7.26. The Bertz CT molecular complexity index is 563. The summed E-state index contributed by atoms with van der Waals surface area (Å²) in [4.78, 5) is 28.3. The Morgan fingerprint density at radius 3 is 2.27 bits per heavy atom. The topological polar surface area (TPSA) is 49.9 Å². The fourth-order valence-corrected chi connectivity index (χ4v) is 3.17. The van der Waals surface area contributed by atoms with Gasteiger partial charge in [0, 0.05) is 51.1 Å². The number of hydrogen-bond donors (Lipinski definition) is 0. The molecule has 0 amide bonds. The van der Waals surface area contributed by atoms with Crippen molar-refractivity contribution in [1.29, 1.82) is 0 Å². The van der Waals surface area contributed by atoms with Gasteiger partial charge in [-0.2, -0.15) is 0 Å². The Balaban J connectivity index is 1.67. The van der Waals surface area contributed by atoms with Gasteiger partial charge >= 0.3 is 5.97 Å². The predicted molar refractivity (Wildman–Crippen MR) is 103 cm³/mol. The first-order valence-corrected chi connectivity index (χ1v) is 9.77. The Hall–Kier alpha value is -1.72. The molecular formula is C21H32N2O3. The first-order chi connectivity index (χ1) is 12.6. The van der Waals surface area contributed by atoms with E-state index in [-0.39, 0.29) is 11.8 Å². The van der Waals surface area contributed by atoms with Crippen molar-refractivity contribution in [1.82, 2.24) is 9.80 Å². The molecule has 1 fully saturated rings. The lowest BCUT2D eigenvalue weighted by Crippen LogP contribution is -2.43. The fraction of sp³-hybridized carbons (Fsp3) is 0.619. The predicted octanol–water partition coefficient (Wildman–Crippen LogP) is 3.13. The van der Waals surface area contributed by atoms with E-state index in [4.69, 9.17) is 4.74 Å². The number of piperazine rings is 1. The van der Waals surface area contributed by atoms with Crippen LogP contribution in [-0.4, -0.2) is 61.4 Å². The van der Waals surface area contributed by atoms with Crippen molar-refractivity contribution in [2.75, 3.05) is 39.8 Å². The normalized spacial score (nSPS) is 15.8. The number of carbonyl (C=O) groups is 2. The number of unbranched alkanes of at least 4 members (excludes halogenated alkanes) is 2. The van der Waals surface area contributed by atoms with Crippen LogP contribution in [0.5, 0.6) is 0 Å². The van der Waals surface area contributed by atoms with Crippen molar-refractivity contribution in [3.8, 4) is 0 Å². The molecule has 1 aliphatic heterocycles. The molecule has 0 saturated carbocycles. The number of Topliss-reactive ketones (excluding diaryl/α,β-unsaturated/α-hetero) is 1. The van der Waals surface area contributed by atoms with Gasteiger partial charge in [0.15, 0.2) is 5.78 Å². The number of esters is 1. The summed E-state index contributed by atoms with van der Waals surface area (Å²) < 4.78 is 4.90. The van der Waals surface area contributed by atoms with Crippen molar-refractivity contribution in [3.63, 3.8) is 0 Å². The van der Waals surface area contributed by atoms with E-state index in [0.717, 1.165) is 57.5 Å². The van der Waals surface area contributed by atoms with E-state index >= 15 is 0 Å². The number of hydrogen-bond acceptors (Lipinski definition) is 5. The highest BCUT2D eigenvalue weighted by Crippen LogP contribution is 2.13. The lowest BCUT2D eigenvalue weighted by molar-refractivity contribution is -0.143. The lowest BCUT2D eigenvalue weighted by Gasteiger charge is -2.32. The largest absolute Gasteiger partial charge is 0.466 e. The fourth-order valence-electron chi connectivity index (χ4n) is 3.17. The minimum Gasteiger partial charge on any atom is -0.466 e. The van der Waals surface area contributed by atoms with E-state index < -0.39 is 0 Å². The van der Waals surface area contributed by atoms with Gasteiger partial charge < -0.3 is 9.64 Å². The highest BCUT2D eigenvalue weighted by Gasteiger charge is 2.14. The maximum absolute atomic E-state index is 12.3. The third-order valence-electron chi connectivity index (χ3n) is 4.87. The summed E-state index contributed by atoms with van der Waals surface area (Å²) >= 11 is 0. The zero-order chi connectivity index (χ0) is 18.8. The van der Waals surface area contributed by atoms with Crippen LogP contribution >= 0.6 is 0 Å². The van der Waals surface area contributed by atoms with Gasteiger partial charge in [-0.05, 0) is 32.4 Å². The summed E-state index contributed by atoms with van der Waals surface area (Å²) in [6.07, 6.45) is 3.48. The molecule has 1 aromatic carbocycles. The number of ether oxygens (including phenoxy) is 1. The van der Waals surface area contributed by atoms with Gasteiger partial charge in [0.25, 0.3) is 0 Å². The molecule has 0 aliphatic carbocycles. The van der Waals surface area contributed by atoms with E-state index in [1.165, 1.54) is 5.56 Å². The van der Waals surface area contributed by atoms with Crippen molar-refractivity contribution in [2.24, 2.45) is 0 Å². The number of carbonyl (C=O) groups excluding carboxylic acids is 2. The highest BCUT2D eigenvalue weighted by molar-refractivity contribution is 5.96. The molecule has 1 heterocycles. The molecule has 1 saturated heterocycles. The van der Waals surface area contributed by atoms with E-state index in [0.29, 0.717) is 19.4 Å². The Morgan fingerprint density at radius 1 is 0.962 bits per heavy atom. The number of likely N-dealkylation sites (N-methyl/N-ethyl adjacent to an activating group) is 1. The molecule has 144 valence electrons. The molecule has 0 radical (unpaired) electrons. The average molecular weight is 360 g/mol. The number of rotatable bonds is 10. The van der Waals surface area contributed by atoms with Crippen LogP contribution in [0, 0.1) is 0 Å². The van der Waals surface area contributed by atoms with Crippen LogP contribution in [0.25, 0.3) is 0 Å². The molecule has 1 aliphatic rings. The van der Waals surface area contributed by atoms with Gasteiger partial charge in [-0.15, -0.1) is 0 Å². The maximum atomic E-state index is 12.3. The zero-order valence-electron chi connectivity index (χ0n) is 16.2. The molecule has 26 heavy (non-hydrogen) atoms. The summed E-state index contributed by atoms with van der Waals surface area (Å²) in [5.74, 6) is 0.0436. The Morgan fingerprint density at radius 2 is 1.62 bits per heavy atom. The van der Waals surface area contributed by atoms with Gasteiger partial charge in [0.2, 0.25) is 0 Å². The van der Waals surface area contributed by atoms with Gasteiger partial charge in [-0.25, -0.2) is 0 Å². The minimum absolute atomic E-state index is 0.144. The van der Waals surface area contributed by atoms with E-state index in [9.17, 15) is 9.59 Å². The van der Waals surface area contributed by atoms with Crippen LogP contribution in [0.2, 0.25) is 0 Å². The minimum atomic E-state index is -0.144. The van der Waals surface area contributed by atoms with Crippen LogP contribution < -0.4 is 0 Å². The quantitative estimate of drug-likeness (QED) is 0.364. The summed E-state index contributed by atoms with van der Waals surface area (Å²) in [5.41, 5.74) is 2.05. The van der Waals surface area contributed by atoms with Crippen molar-refractivity contribution in [2.45, 2.75) is 45.6 Å². The van der Waals surface area contributed by atoms with E-state index in [1.807, 2.05) is 19.1 Å². The second-order valence-electron chi connectivity index (χ2n) is 7.07. The maximum Gasteiger partial charge on any atom is 0.305 e. The average Bonchev–Trinajstić information content (AvgIpc) is 2.64. The van der Waals surface area contributed by atoms with Gasteiger partial charge in [-0.3, -0.25) is 14.5 Å². The van der Waals surface area contributed by atoms with Crippen molar-refractivity contribution >= 4 is 11.8 Å². The van der Waals surface area contributed by atoms with Crippen molar-refractivity contribution in [3.05, 3.63) is 35.4 Å². The molecule has 0 bridgehead atoms. The SMILES string of the molecule is CCOC(=O)CCCCCC(=O)c1ccc(CN2CCN(C)CC2)cc1. The standard InChI is InChI=1S/C21H32N2O3/c1-3-26-21(25)8-6-4-5-7-20(24)19-11-9-18(10-12-19)17-23-15-13-22(2)14-16-23/h9-12H,3-8,13-17H2,1-2H3. The van der Waals surface area contributed by atoms with E-state index in [2.05, 4.69) is 29.0 Å². The number of nitrogens with zero attached hydrogens (tertiary/aromatic N) is 2. The molecule has 2 rings (SSSR count). The highest BCUT2D eigenvalue weighted by atomic mass is 16.5. The lowest BCUT2D eigenvalue weighted by atomic mass is 10.0. The second kappa shape index (κ2) is 11.1. The first-order valence-electron chi connectivity index (χ1n) is 9.77. The first kappa shape index (κ1) is 20.6. The van der Waals surface area contributed by atoms with Gasteiger partial charge in [0.1, 0.15) is 0 Å². The summed E-state index contributed by atoms with van der Waals surface area (Å²) in [6, 6.07) is 8.05.